The highest BCUT2D eigenvalue weighted by atomic mass is 32.1. The average molecular weight is 418 g/mol. The van der Waals surface area contributed by atoms with E-state index >= 15 is 0 Å². The first-order valence-corrected chi connectivity index (χ1v) is 9.61. The van der Waals surface area contributed by atoms with Gasteiger partial charge in [0.2, 0.25) is 0 Å². The Kier molecular flexibility index (Phi) is 4.74. The SMILES string of the molecule is CCn1cc(-c2c(F)cccc2C2C=NCc3sc(C#N)cc32)c(C(F)(F)F)n1. The minimum Gasteiger partial charge on any atom is -0.291 e. The number of nitrogens with zero attached hydrogens (tertiary/aromatic N) is 4. The maximum Gasteiger partial charge on any atom is 0.435 e. The van der Waals surface area contributed by atoms with Gasteiger partial charge < -0.3 is 0 Å². The average Bonchev–Trinajstić information content (AvgIpc) is 3.31. The zero-order valence-corrected chi connectivity index (χ0v) is 16.0. The molecule has 1 unspecified atom stereocenters. The Balaban J connectivity index is 1.95. The van der Waals surface area contributed by atoms with E-state index in [9.17, 15) is 22.8 Å². The first kappa shape index (κ1) is 19.3. The fourth-order valence-corrected chi connectivity index (χ4v) is 4.45. The van der Waals surface area contributed by atoms with E-state index in [-0.39, 0.29) is 17.7 Å². The molecule has 0 fully saturated rings. The van der Waals surface area contributed by atoms with Crippen molar-refractivity contribution in [1.29, 1.82) is 5.26 Å². The molecule has 1 aliphatic heterocycles. The molecule has 9 heteroatoms. The third-order valence-corrected chi connectivity index (χ3v) is 5.82. The topological polar surface area (TPSA) is 54.0 Å². The fourth-order valence-electron chi connectivity index (χ4n) is 3.51. The Morgan fingerprint density at radius 2 is 2.10 bits per heavy atom. The van der Waals surface area contributed by atoms with Gasteiger partial charge in [0.05, 0.1) is 6.54 Å². The standard InChI is InChI=1S/C20H14F4N4S/c1-2-28-10-15(19(27-28)20(22,23)24)18-12(4-3-5-16(18)21)14-8-26-9-17-13(14)6-11(7-25)29-17/h3-6,8,10,14H,2,9H2,1H3. The molecule has 0 N–H and O–H groups in total. The van der Waals surface area contributed by atoms with Crippen LogP contribution in [0.15, 0.2) is 35.5 Å². The van der Waals surface area contributed by atoms with Gasteiger partial charge in [-0.3, -0.25) is 9.67 Å². The third-order valence-electron chi connectivity index (χ3n) is 4.78. The molecule has 0 radical (unpaired) electrons. The number of thiophene rings is 1. The van der Waals surface area contributed by atoms with Crippen molar-refractivity contribution < 1.29 is 17.6 Å². The van der Waals surface area contributed by atoms with Crippen LogP contribution in [0, 0.1) is 17.1 Å². The van der Waals surface area contributed by atoms with E-state index in [1.54, 1.807) is 25.3 Å². The molecule has 0 saturated carbocycles. The molecule has 3 aromatic rings. The van der Waals surface area contributed by atoms with Crippen molar-refractivity contribution in [3.05, 3.63) is 62.9 Å². The van der Waals surface area contributed by atoms with Crippen LogP contribution in [0.5, 0.6) is 0 Å². The van der Waals surface area contributed by atoms with Crippen molar-refractivity contribution in [2.24, 2.45) is 4.99 Å². The van der Waals surface area contributed by atoms with Gasteiger partial charge in [0.15, 0.2) is 5.69 Å². The second-order valence-corrected chi connectivity index (χ2v) is 7.65. The fraction of sp³-hybridized carbons (Fsp3) is 0.250. The van der Waals surface area contributed by atoms with Gasteiger partial charge in [0.25, 0.3) is 0 Å². The summed E-state index contributed by atoms with van der Waals surface area (Å²) in [4.78, 5) is 5.63. The number of benzene rings is 1. The predicted molar refractivity (Wildman–Crippen MR) is 101 cm³/mol. The minimum atomic E-state index is -4.72. The van der Waals surface area contributed by atoms with E-state index in [2.05, 4.69) is 16.2 Å². The summed E-state index contributed by atoms with van der Waals surface area (Å²) in [5.41, 5.74) is -0.443. The Hall–Kier alpha value is -2.99. The monoisotopic (exact) mass is 418 g/mol. The Labute approximate surface area is 167 Å². The van der Waals surface area contributed by atoms with Crippen molar-refractivity contribution in [2.75, 3.05) is 0 Å². The molecular formula is C20H14F4N4S. The lowest BCUT2D eigenvalue weighted by Gasteiger charge is -2.21. The molecule has 4 rings (SSSR count). The van der Waals surface area contributed by atoms with Crippen molar-refractivity contribution in [1.82, 2.24) is 9.78 Å². The van der Waals surface area contributed by atoms with Crippen molar-refractivity contribution >= 4 is 17.6 Å². The molecule has 2 aromatic heterocycles. The van der Waals surface area contributed by atoms with Crippen LogP contribution >= 0.6 is 11.3 Å². The molecule has 0 bridgehead atoms. The first-order valence-electron chi connectivity index (χ1n) is 8.79. The van der Waals surface area contributed by atoms with E-state index in [0.29, 0.717) is 17.0 Å². The zero-order valence-electron chi connectivity index (χ0n) is 15.2. The second-order valence-electron chi connectivity index (χ2n) is 6.52. The molecule has 1 aliphatic rings. The zero-order chi connectivity index (χ0) is 20.8. The highest BCUT2D eigenvalue weighted by Crippen LogP contribution is 2.43. The summed E-state index contributed by atoms with van der Waals surface area (Å²) < 4.78 is 56.9. The Bertz CT molecular complexity index is 1150. The second kappa shape index (κ2) is 7.12. The molecule has 0 saturated heterocycles. The highest BCUT2D eigenvalue weighted by Gasteiger charge is 2.39. The van der Waals surface area contributed by atoms with Gasteiger partial charge in [-0.15, -0.1) is 11.3 Å². The van der Waals surface area contributed by atoms with Crippen LogP contribution in [0.1, 0.15) is 39.4 Å². The number of halogens is 4. The maximum atomic E-state index is 14.9. The van der Waals surface area contributed by atoms with E-state index in [1.165, 1.54) is 23.6 Å². The van der Waals surface area contributed by atoms with E-state index in [1.807, 2.05) is 0 Å². The number of hydrogen-bond donors (Lipinski definition) is 0. The number of fused-ring (bicyclic) bond motifs is 1. The molecule has 3 heterocycles. The van der Waals surface area contributed by atoms with Gasteiger partial charge in [-0.25, -0.2) is 4.39 Å². The summed E-state index contributed by atoms with van der Waals surface area (Å²) in [6, 6.07) is 7.97. The van der Waals surface area contributed by atoms with Crippen molar-refractivity contribution in [2.45, 2.75) is 32.1 Å². The number of nitriles is 1. The molecule has 0 aliphatic carbocycles. The van der Waals surface area contributed by atoms with Crippen LogP contribution in [-0.2, 0) is 19.3 Å². The highest BCUT2D eigenvalue weighted by molar-refractivity contribution is 7.12. The van der Waals surface area contributed by atoms with Gasteiger partial charge >= 0.3 is 6.18 Å². The largest absolute Gasteiger partial charge is 0.435 e. The van der Waals surface area contributed by atoms with Crippen LogP contribution in [0.4, 0.5) is 17.6 Å². The molecule has 0 spiro atoms. The van der Waals surface area contributed by atoms with Gasteiger partial charge in [-0.2, -0.15) is 23.5 Å². The summed E-state index contributed by atoms with van der Waals surface area (Å²) in [7, 11) is 0. The van der Waals surface area contributed by atoms with Crippen LogP contribution < -0.4 is 0 Å². The van der Waals surface area contributed by atoms with Crippen LogP contribution in [-0.4, -0.2) is 16.0 Å². The number of aromatic nitrogens is 2. The first-order chi connectivity index (χ1) is 13.8. The summed E-state index contributed by atoms with van der Waals surface area (Å²) in [5.74, 6) is -1.31. The van der Waals surface area contributed by atoms with E-state index in [0.717, 1.165) is 21.2 Å². The molecule has 1 aromatic carbocycles. The number of alkyl halides is 3. The number of hydrogen-bond acceptors (Lipinski definition) is 4. The van der Waals surface area contributed by atoms with E-state index < -0.39 is 23.6 Å². The molecular weight excluding hydrogens is 404 g/mol. The molecule has 1 atom stereocenters. The number of rotatable bonds is 3. The summed E-state index contributed by atoms with van der Waals surface area (Å²) in [6.45, 7) is 2.27. The van der Waals surface area contributed by atoms with Crippen molar-refractivity contribution in [3.63, 3.8) is 0 Å². The summed E-state index contributed by atoms with van der Waals surface area (Å²) >= 11 is 1.29. The maximum absolute atomic E-state index is 14.9. The number of aliphatic imine (C=N–C) groups is 1. The summed E-state index contributed by atoms with van der Waals surface area (Å²) in [5, 5.41) is 12.8. The lowest BCUT2D eigenvalue weighted by molar-refractivity contribution is -0.141. The predicted octanol–water partition coefficient (Wildman–Crippen LogP) is 5.38. The van der Waals surface area contributed by atoms with E-state index in [4.69, 9.17) is 0 Å². The van der Waals surface area contributed by atoms with Crippen LogP contribution in [0.25, 0.3) is 11.1 Å². The minimum absolute atomic E-state index is 0.145. The van der Waals surface area contributed by atoms with Gasteiger partial charge in [-0.1, -0.05) is 12.1 Å². The lowest BCUT2D eigenvalue weighted by atomic mass is 9.85. The van der Waals surface area contributed by atoms with Crippen molar-refractivity contribution in [3.8, 4) is 17.2 Å². The quantitative estimate of drug-likeness (QED) is 0.537. The Morgan fingerprint density at radius 3 is 2.79 bits per heavy atom. The van der Waals surface area contributed by atoms with Gasteiger partial charge in [0.1, 0.15) is 16.8 Å². The van der Waals surface area contributed by atoms with Crippen LogP contribution in [0.3, 0.4) is 0 Å². The number of aryl methyl sites for hydroxylation is 1. The molecule has 148 valence electrons. The smallest absolute Gasteiger partial charge is 0.291 e. The van der Waals surface area contributed by atoms with Gasteiger partial charge in [-0.05, 0) is 30.2 Å². The normalized spacial score (nSPS) is 15.9. The molecule has 0 amide bonds. The van der Waals surface area contributed by atoms with Crippen LogP contribution in [0.2, 0.25) is 0 Å². The Morgan fingerprint density at radius 1 is 1.31 bits per heavy atom. The molecule has 29 heavy (non-hydrogen) atoms. The van der Waals surface area contributed by atoms with Gasteiger partial charge in [0, 0.05) is 40.9 Å². The molecule has 4 nitrogen and oxygen atoms in total. The third kappa shape index (κ3) is 3.34. The summed E-state index contributed by atoms with van der Waals surface area (Å²) in [6.07, 6.45) is -1.90. The lowest BCUT2D eigenvalue weighted by Crippen LogP contribution is -2.12.